The summed E-state index contributed by atoms with van der Waals surface area (Å²) in [5.74, 6) is 0. The van der Waals surface area contributed by atoms with Gasteiger partial charge in [-0.15, -0.1) is 0 Å². The van der Waals surface area contributed by atoms with Crippen molar-refractivity contribution in [3.63, 3.8) is 0 Å². The molecule has 1 aliphatic rings. The van der Waals surface area contributed by atoms with Crippen molar-refractivity contribution in [3.05, 3.63) is 0 Å². The second kappa shape index (κ2) is 13.9. The quantitative estimate of drug-likeness (QED) is 0.710. The Labute approximate surface area is 125 Å². The summed E-state index contributed by atoms with van der Waals surface area (Å²) in [6, 6.07) is 0. The molecule has 1 fully saturated rings. The van der Waals surface area contributed by atoms with E-state index in [0.29, 0.717) is 6.54 Å². The van der Waals surface area contributed by atoms with E-state index < -0.39 is 17.4 Å². The minimum Gasteiger partial charge on any atom is -0.391 e. The standard InChI is InChI=1S/C8H16O2.C5H13NO3S/c1-2-6-9-8-5-3-4-7-10-8;1-3-6-10(8)9-4-5(2)7/h8H,2-7H2,1H3;5-7H,3-4H2,1-2H3. The number of aliphatic hydroxyl groups is 1. The monoisotopic (exact) mass is 311 g/mol. The van der Waals surface area contributed by atoms with Crippen LogP contribution in [-0.4, -0.2) is 48.1 Å². The molecule has 0 aliphatic carbocycles. The number of aliphatic hydroxyl groups excluding tert-OH is 1. The van der Waals surface area contributed by atoms with Crippen LogP contribution in [0.1, 0.15) is 46.5 Å². The van der Waals surface area contributed by atoms with Gasteiger partial charge in [-0.1, -0.05) is 13.8 Å². The summed E-state index contributed by atoms with van der Waals surface area (Å²) in [4.78, 5) is 0. The van der Waals surface area contributed by atoms with Gasteiger partial charge < -0.3 is 14.6 Å². The van der Waals surface area contributed by atoms with E-state index in [0.717, 1.165) is 26.1 Å². The van der Waals surface area contributed by atoms with E-state index >= 15 is 0 Å². The van der Waals surface area contributed by atoms with Gasteiger partial charge in [0.25, 0.3) is 0 Å². The first-order valence-electron chi connectivity index (χ1n) is 7.29. The molecule has 0 aromatic carbocycles. The lowest BCUT2D eigenvalue weighted by atomic mass is 10.2. The van der Waals surface area contributed by atoms with Gasteiger partial charge in [0, 0.05) is 19.8 Å². The SMILES string of the molecule is CCCOC1CCCCO1.CCNS(=O)OCC(C)O. The third kappa shape index (κ3) is 13.0. The van der Waals surface area contributed by atoms with Gasteiger partial charge >= 0.3 is 0 Å². The predicted molar refractivity (Wildman–Crippen MR) is 79.3 cm³/mol. The van der Waals surface area contributed by atoms with Crippen molar-refractivity contribution in [2.45, 2.75) is 58.8 Å². The minimum atomic E-state index is -1.45. The molecule has 3 unspecified atom stereocenters. The van der Waals surface area contributed by atoms with E-state index in [9.17, 15) is 4.21 Å². The molecule has 0 saturated carbocycles. The molecule has 1 heterocycles. The lowest BCUT2D eigenvalue weighted by Gasteiger charge is -2.22. The van der Waals surface area contributed by atoms with Gasteiger partial charge in [0.1, 0.15) is 0 Å². The topological polar surface area (TPSA) is 77.0 Å². The third-order valence-electron chi connectivity index (χ3n) is 2.32. The van der Waals surface area contributed by atoms with Crippen molar-refractivity contribution in [2.24, 2.45) is 0 Å². The first-order chi connectivity index (χ1) is 9.60. The predicted octanol–water partition coefficient (Wildman–Crippen LogP) is 1.51. The lowest BCUT2D eigenvalue weighted by molar-refractivity contribution is -0.162. The van der Waals surface area contributed by atoms with Gasteiger partial charge in [-0.3, -0.25) is 4.18 Å². The number of hydrogen-bond donors (Lipinski definition) is 2. The van der Waals surface area contributed by atoms with Gasteiger partial charge in [-0.25, -0.2) is 8.93 Å². The van der Waals surface area contributed by atoms with E-state index in [1.165, 1.54) is 12.8 Å². The van der Waals surface area contributed by atoms with Crippen molar-refractivity contribution in [1.82, 2.24) is 4.72 Å². The molecule has 0 bridgehead atoms. The van der Waals surface area contributed by atoms with Gasteiger partial charge in [-0.05, 0) is 32.6 Å². The second-order valence-electron chi connectivity index (χ2n) is 4.53. The van der Waals surface area contributed by atoms with Crippen LogP contribution in [0.15, 0.2) is 0 Å². The number of rotatable bonds is 8. The average molecular weight is 311 g/mol. The van der Waals surface area contributed by atoms with Crippen molar-refractivity contribution in [2.75, 3.05) is 26.4 Å². The zero-order chi connectivity index (χ0) is 15.2. The van der Waals surface area contributed by atoms with Gasteiger partial charge in [-0.2, -0.15) is 0 Å². The zero-order valence-electron chi connectivity index (χ0n) is 12.8. The molecule has 20 heavy (non-hydrogen) atoms. The highest BCUT2D eigenvalue weighted by Crippen LogP contribution is 2.13. The van der Waals surface area contributed by atoms with Crippen molar-refractivity contribution in [3.8, 4) is 0 Å². The summed E-state index contributed by atoms with van der Waals surface area (Å²) < 4.78 is 28.6. The maximum Gasteiger partial charge on any atom is 0.234 e. The number of ether oxygens (including phenoxy) is 2. The molecule has 0 radical (unpaired) electrons. The van der Waals surface area contributed by atoms with Crippen LogP contribution in [0.25, 0.3) is 0 Å². The Morgan fingerprint density at radius 2 is 2.20 bits per heavy atom. The van der Waals surface area contributed by atoms with Crippen molar-refractivity contribution < 1.29 is 23.0 Å². The highest BCUT2D eigenvalue weighted by Gasteiger charge is 2.12. The summed E-state index contributed by atoms with van der Waals surface area (Å²) in [5.41, 5.74) is 0. The summed E-state index contributed by atoms with van der Waals surface area (Å²) in [6.07, 6.45) is 4.16. The Balaban J connectivity index is 0.000000361. The first kappa shape index (κ1) is 19.9. The molecule has 1 saturated heterocycles. The van der Waals surface area contributed by atoms with Crippen LogP contribution in [0.5, 0.6) is 0 Å². The van der Waals surface area contributed by atoms with Crippen LogP contribution < -0.4 is 4.72 Å². The Morgan fingerprint density at radius 3 is 2.70 bits per heavy atom. The number of nitrogens with one attached hydrogen (secondary N) is 1. The van der Waals surface area contributed by atoms with Gasteiger partial charge in [0.15, 0.2) is 6.29 Å². The van der Waals surface area contributed by atoms with Gasteiger partial charge in [0.05, 0.1) is 12.7 Å². The van der Waals surface area contributed by atoms with Crippen LogP contribution in [0, 0.1) is 0 Å². The number of hydrogen-bond acceptors (Lipinski definition) is 5. The normalized spacial score (nSPS) is 21.7. The first-order valence-corrected chi connectivity index (χ1v) is 8.37. The van der Waals surface area contributed by atoms with Crippen molar-refractivity contribution >= 4 is 11.3 Å². The van der Waals surface area contributed by atoms with E-state index in [4.69, 9.17) is 14.6 Å². The van der Waals surface area contributed by atoms with Gasteiger partial charge in [0.2, 0.25) is 11.3 Å². The Hall–Kier alpha value is -0.0500. The molecular weight excluding hydrogens is 282 g/mol. The molecular formula is C13H29NO5S. The molecule has 0 amide bonds. The fourth-order valence-electron chi connectivity index (χ4n) is 1.41. The van der Waals surface area contributed by atoms with Crippen LogP contribution >= 0.6 is 0 Å². The Bertz CT molecular complexity index is 235. The smallest absolute Gasteiger partial charge is 0.234 e. The maximum atomic E-state index is 10.6. The summed E-state index contributed by atoms with van der Waals surface area (Å²) >= 11 is -1.45. The molecule has 7 heteroatoms. The van der Waals surface area contributed by atoms with Crippen LogP contribution in [0.3, 0.4) is 0 Å². The van der Waals surface area contributed by atoms with E-state index in [1.807, 2.05) is 6.92 Å². The fraction of sp³-hybridized carbons (Fsp3) is 1.00. The molecule has 3 atom stereocenters. The van der Waals surface area contributed by atoms with E-state index in [1.54, 1.807) is 6.92 Å². The van der Waals surface area contributed by atoms with Crippen molar-refractivity contribution in [1.29, 1.82) is 0 Å². The third-order valence-corrected chi connectivity index (χ3v) is 3.20. The largest absolute Gasteiger partial charge is 0.391 e. The molecule has 6 nitrogen and oxygen atoms in total. The Kier molecular flexibility index (Phi) is 13.9. The molecule has 0 aromatic heterocycles. The summed E-state index contributed by atoms with van der Waals surface area (Å²) in [6.45, 7) is 7.92. The molecule has 0 spiro atoms. The summed E-state index contributed by atoms with van der Waals surface area (Å²) in [7, 11) is 0. The van der Waals surface area contributed by atoms with Crippen LogP contribution in [0.2, 0.25) is 0 Å². The minimum absolute atomic E-state index is 0.0968. The van der Waals surface area contributed by atoms with E-state index in [-0.39, 0.29) is 12.9 Å². The second-order valence-corrected chi connectivity index (χ2v) is 5.53. The highest BCUT2D eigenvalue weighted by atomic mass is 32.2. The zero-order valence-corrected chi connectivity index (χ0v) is 13.6. The van der Waals surface area contributed by atoms with E-state index in [2.05, 4.69) is 15.8 Å². The molecule has 122 valence electrons. The average Bonchev–Trinajstić information content (AvgIpc) is 2.45. The lowest BCUT2D eigenvalue weighted by Crippen LogP contribution is -2.22. The maximum absolute atomic E-state index is 10.6. The molecule has 2 N–H and O–H groups in total. The fourth-order valence-corrected chi connectivity index (χ4v) is 2.05. The molecule has 1 aliphatic heterocycles. The van der Waals surface area contributed by atoms with Crippen LogP contribution in [0.4, 0.5) is 0 Å². The van der Waals surface area contributed by atoms with Crippen LogP contribution in [-0.2, 0) is 24.9 Å². The highest BCUT2D eigenvalue weighted by molar-refractivity contribution is 7.78. The summed E-state index contributed by atoms with van der Waals surface area (Å²) in [5, 5.41) is 8.68. The Morgan fingerprint density at radius 1 is 1.45 bits per heavy atom. The molecule has 1 rings (SSSR count). The molecule has 0 aromatic rings.